The molecule has 1 heterocycles. The summed E-state index contributed by atoms with van der Waals surface area (Å²) >= 11 is 1.13. The molecule has 0 bridgehead atoms. The molecule has 0 amide bonds. The van der Waals surface area contributed by atoms with Crippen LogP contribution in [0, 0.1) is 6.42 Å². The van der Waals surface area contributed by atoms with Gasteiger partial charge in [0, 0.05) is 0 Å². The fourth-order valence-corrected chi connectivity index (χ4v) is 1.71. The summed E-state index contributed by atoms with van der Waals surface area (Å²) in [6, 6.07) is 0. The lowest BCUT2D eigenvalue weighted by Gasteiger charge is -1.99. The first-order valence-corrected chi connectivity index (χ1v) is 3.45. The van der Waals surface area contributed by atoms with E-state index in [2.05, 4.69) is 6.42 Å². The van der Waals surface area contributed by atoms with Gasteiger partial charge in [-0.2, -0.15) is 0 Å². The zero-order valence-corrected chi connectivity index (χ0v) is 5.19. The van der Waals surface area contributed by atoms with Gasteiger partial charge in [-0.1, -0.05) is 0 Å². The fourth-order valence-electron chi connectivity index (χ4n) is 1.06. The van der Waals surface area contributed by atoms with E-state index >= 15 is 0 Å². The molecule has 2 aliphatic rings. The van der Waals surface area contributed by atoms with E-state index in [0.29, 0.717) is 12.2 Å². The fraction of sp³-hybridized carbons (Fsp3) is 0.800. The third-order valence-corrected chi connectivity index (χ3v) is 2.16. The molecule has 8 heavy (non-hydrogen) atoms. The highest BCUT2D eigenvalue weighted by molar-refractivity contribution is 7.90. The Balaban J connectivity index is 2.04. The van der Waals surface area contributed by atoms with Crippen molar-refractivity contribution in [3.63, 3.8) is 0 Å². The molecule has 2 atom stereocenters. The van der Waals surface area contributed by atoms with Crippen LogP contribution in [0.4, 0.5) is 0 Å². The minimum Gasteiger partial charge on any atom is -0.285 e. The summed E-state index contributed by atoms with van der Waals surface area (Å²) in [4.78, 5) is 0. The summed E-state index contributed by atoms with van der Waals surface area (Å²) in [6.45, 7) is 0. The third kappa shape index (κ3) is 0.658. The van der Waals surface area contributed by atoms with Crippen LogP contribution in [0.2, 0.25) is 0 Å². The van der Waals surface area contributed by atoms with E-state index in [0.717, 1.165) is 25.2 Å². The molecular formula is C5H7O2S. The van der Waals surface area contributed by atoms with Gasteiger partial charge in [0.25, 0.3) is 0 Å². The smallest absolute Gasteiger partial charge is 0.159 e. The molecule has 0 aromatic rings. The van der Waals surface area contributed by atoms with Gasteiger partial charge in [0.15, 0.2) is 12.3 Å². The van der Waals surface area contributed by atoms with E-state index in [1.54, 1.807) is 0 Å². The Morgan fingerprint density at radius 2 is 2.50 bits per heavy atom. The maximum Gasteiger partial charge on any atom is 0.159 e. The molecule has 2 nitrogen and oxygen atoms in total. The lowest BCUT2D eigenvalue weighted by Crippen LogP contribution is -2.13. The van der Waals surface area contributed by atoms with Crippen molar-refractivity contribution in [2.24, 2.45) is 0 Å². The van der Waals surface area contributed by atoms with Crippen molar-refractivity contribution >= 4 is 12.3 Å². The zero-order valence-electron chi connectivity index (χ0n) is 4.37. The van der Waals surface area contributed by atoms with Gasteiger partial charge in [0.05, 0.1) is 0 Å². The zero-order chi connectivity index (χ0) is 5.40. The maximum atomic E-state index is 5.14. The van der Waals surface area contributed by atoms with Crippen molar-refractivity contribution in [1.29, 1.82) is 0 Å². The first-order chi connectivity index (χ1) is 3.97. The van der Waals surface area contributed by atoms with Crippen LogP contribution in [0.5, 0.6) is 0 Å². The Morgan fingerprint density at radius 1 is 1.50 bits per heavy atom. The highest BCUT2D eigenvalue weighted by atomic mass is 32.2. The first kappa shape index (κ1) is 5.09. The Bertz CT molecular complexity index is 76.4. The number of fused-ring (bicyclic) bond motifs is 1. The molecule has 1 radical (unpaired) electrons. The molecular weight excluding hydrogens is 124 g/mol. The molecule has 45 valence electrons. The van der Waals surface area contributed by atoms with Gasteiger partial charge in [-0.15, -0.1) is 0 Å². The van der Waals surface area contributed by atoms with Crippen LogP contribution in [-0.2, 0) is 8.37 Å². The molecule has 1 aliphatic heterocycles. The first-order valence-electron chi connectivity index (χ1n) is 2.79. The standard InChI is InChI=1S/C5H7O2S/c1-2-4-5(3-1)7-8-6-4/h2,4-5H,1,3H2. The summed E-state index contributed by atoms with van der Waals surface area (Å²) in [5.74, 6) is 0. The minimum absolute atomic E-state index is 0.292. The van der Waals surface area contributed by atoms with Gasteiger partial charge in [-0.05, 0) is 19.3 Å². The maximum absolute atomic E-state index is 5.14. The van der Waals surface area contributed by atoms with Gasteiger partial charge < -0.3 is 0 Å². The van der Waals surface area contributed by atoms with Crippen molar-refractivity contribution < 1.29 is 8.37 Å². The van der Waals surface area contributed by atoms with E-state index in [1.165, 1.54) is 0 Å². The molecule has 0 aromatic carbocycles. The second-order valence-electron chi connectivity index (χ2n) is 2.08. The lowest BCUT2D eigenvalue weighted by atomic mass is 10.3. The minimum atomic E-state index is 0.292. The lowest BCUT2D eigenvalue weighted by molar-refractivity contribution is 0.205. The van der Waals surface area contributed by atoms with E-state index < -0.39 is 0 Å². The van der Waals surface area contributed by atoms with E-state index in [4.69, 9.17) is 8.37 Å². The van der Waals surface area contributed by atoms with Gasteiger partial charge in [0.2, 0.25) is 0 Å². The summed E-state index contributed by atoms with van der Waals surface area (Å²) in [5.41, 5.74) is 0. The second-order valence-corrected chi connectivity index (χ2v) is 2.60. The van der Waals surface area contributed by atoms with Crippen LogP contribution in [0.25, 0.3) is 0 Å². The predicted octanol–water partition coefficient (Wildman–Crippen LogP) is 1.33. The number of hydrogen-bond acceptors (Lipinski definition) is 3. The monoisotopic (exact) mass is 131 g/mol. The molecule has 1 aliphatic carbocycles. The van der Waals surface area contributed by atoms with Crippen LogP contribution < -0.4 is 0 Å². The Hall–Kier alpha value is 0.270. The summed E-state index contributed by atoms with van der Waals surface area (Å²) in [6.07, 6.45) is 5.11. The topological polar surface area (TPSA) is 18.5 Å². The second kappa shape index (κ2) is 1.90. The van der Waals surface area contributed by atoms with Crippen LogP contribution in [0.15, 0.2) is 0 Å². The molecule has 2 fully saturated rings. The summed E-state index contributed by atoms with van der Waals surface area (Å²) in [5, 5.41) is 0. The summed E-state index contributed by atoms with van der Waals surface area (Å²) < 4.78 is 10.3. The van der Waals surface area contributed by atoms with Gasteiger partial charge in [-0.3, -0.25) is 8.37 Å². The van der Waals surface area contributed by atoms with Crippen molar-refractivity contribution in [3.05, 3.63) is 6.42 Å². The van der Waals surface area contributed by atoms with Crippen LogP contribution in [-0.4, -0.2) is 12.2 Å². The molecule has 0 aromatic heterocycles. The SMILES string of the molecule is [CH]1CCC2OSOC12. The highest BCUT2D eigenvalue weighted by Crippen LogP contribution is 2.35. The molecule has 1 saturated carbocycles. The largest absolute Gasteiger partial charge is 0.285 e. The molecule has 2 rings (SSSR count). The van der Waals surface area contributed by atoms with Crippen molar-refractivity contribution in [2.75, 3.05) is 0 Å². The van der Waals surface area contributed by atoms with Crippen LogP contribution in [0.3, 0.4) is 0 Å². The predicted molar refractivity (Wildman–Crippen MR) is 30.9 cm³/mol. The van der Waals surface area contributed by atoms with Crippen LogP contribution >= 0.6 is 12.3 Å². The highest BCUT2D eigenvalue weighted by Gasteiger charge is 2.35. The average Bonchev–Trinajstić information content (AvgIpc) is 2.15. The van der Waals surface area contributed by atoms with E-state index in [1.807, 2.05) is 0 Å². The molecule has 2 unspecified atom stereocenters. The van der Waals surface area contributed by atoms with Gasteiger partial charge in [-0.25, -0.2) is 0 Å². The van der Waals surface area contributed by atoms with E-state index in [-0.39, 0.29) is 0 Å². The van der Waals surface area contributed by atoms with Crippen molar-refractivity contribution in [1.82, 2.24) is 0 Å². The van der Waals surface area contributed by atoms with Crippen molar-refractivity contribution in [3.8, 4) is 0 Å². The quantitative estimate of drug-likeness (QED) is 0.462. The molecule has 0 N–H and O–H groups in total. The third-order valence-electron chi connectivity index (χ3n) is 1.53. The number of hydrogen-bond donors (Lipinski definition) is 0. The van der Waals surface area contributed by atoms with E-state index in [9.17, 15) is 0 Å². The van der Waals surface area contributed by atoms with Gasteiger partial charge in [0.1, 0.15) is 12.2 Å². The van der Waals surface area contributed by atoms with Crippen molar-refractivity contribution in [2.45, 2.75) is 25.0 Å². The molecule has 0 spiro atoms. The number of rotatable bonds is 0. The summed E-state index contributed by atoms with van der Waals surface area (Å²) in [7, 11) is 0. The van der Waals surface area contributed by atoms with Gasteiger partial charge >= 0.3 is 0 Å². The Labute approximate surface area is 53.0 Å². The Kier molecular flexibility index (Phi) is 1.21. The Morgan fingerprint density at radius 3 is 3.38 bits per heavy atom. The molecule has 1 saturated heterocycles. The average molecular weight is 131 g/mol. The molecule has 3 heteroatoms. The van der Waals surface area contributed by atoms with Crippen LogP contribution in [0.1, 0.15) is 12.8 Å². The normalized spacial score (nSPS) is 45.0.